The summed E-state index contributed by atoms with van der Waals surface area (Å²) in [4.78, 5) is 9.39. The molecule has 4 heteroatoms. The molecule has 1 aromatic rings. The highest BCUT2D eigenvalue weighted by molar-refractivity contribution is 9.10. The van der Waals surface area contributed by atoms with Gasteiger partial charge in [-0.2, -0.15) is 0 Å². The van der Waals surface area contributed by atoms with E-state index in [9.17, 15) is 0 Å². The number of aryl methyl sites for hydroxylation is 1. The molecule has 0 spiro atoms. The summed E-state index contributed by atoms with van der Waals surface area (Å²) in [6.45, 7) is 7.56. The van der Waals surface area contributed by atoms with Gasteiger partial charge in [-0.05, 0) is 48.0 Å². The summed E-state index contributed by atoms with van der Waals surface area (Å²) in [5.74, 6) is 1.09. The van der Waals surface area contributed by atoms with Gasteiger partial charge in [-0.1, -0.05) is 6.92 Å². The molecule has 1 fully saturated rings. The molecular weight excluding hydrogens is 278 g/mol. The number of hydrogen-bond donors (Lipinski definition) is 0. The number of pyridine rings is 1. The van der Waals surface area contributed by atoms with Crippen molar-refractivity contribution in [2.75, 3.05) is 31.6 Å². The van der Waals surface area contributed by atoms with Crippen molar-refractivity contribution in [3.8, 4) is 0 Å². The van der Waals surface area contributed by atoms with Crippen LogP contribution in [-0.4, -0.2) is 42.6 Å². The van der Waals surface area contributed by atoms with Crippen LogP contribution in [0.1, 0.15) is 18.9 Å². The molecule has 1 atom stereocenters. The lowest BCUT2D eigenvalue weighted by atomic mass is 10.1. The summed E-state index contributed by atoms with van der Waals surface area (Å²) >= 11 is 3.62. The van der Waals surface area contributed by atoms with Gasteiger partial charge in [0.2, 0.25) is 0 Å². The van der Waals surface area contributed by atoms with Crippen molar-refractivity contribution in [1.82, 2.24) is 9.88 Å². The van der Waals surface area contributed by atoms with Gasteiger partial charge in [0.15, 0.2) is 0 Å². The number of hydrogen-bond acceptors (Lipinski definition) is 3. The molecule has 94 valence electrons. The maximum absolute atomic E-state index is 4.56. The minimum absolute atomic E-state index is 0.638. The van der Waals surface area contributed by atoms with Gasteiger partial charge >= 0.3 is 0 Å². The van der Waals surface area contributed by atoms with Gasteiger partial charge in [-0.25, -0.2) is 4.98 Å². The van der Waals surface area contributed by atoms with Crippen molar-refractivity contribution in [1.29, 1.82) is 0 Å². The molecule has 1 aromatic heterocycles. The van der Waals surface area contributed by atoms with E-state index in [1.54, 1.807) is 0 Å². The van der Waals surface area contributed by atoms with E-state index in [0.717, 1.165) is 29.9 Å². The molecule has 17 heavy (non-hydrogen) atoms. The second-order valence-electron chi connectivity index (χ2n) is 4.81. The van der Waals surface area contributed by atoms with E-state index in [0.29, 0.717) is 6.04 Å². The Balaban J connectivity index is 2.17. The second-order valence-corrected chi connectivity index (χ2v) is 5.66. The monoisotopic (exact) mass is 297 g/mol. The summed E-state index contributed by atoms with van der Waals surface area (Å²) in [5, 5.41) is 0. The highest BCUT2D eigenvalue weighted by Crippen LogP contribution is 2.26. The van der Waals surface area contributed by atoms with E-state index in [4.69, 9.17) is 0 Å². The molecule has 0 aliphatic carbocycles. The average Bonchev–Trinajstić information content (AvgIpc) is 2.30. The van der Waals surface area contributed by atoms with Gasteiger partial charge in [0, 0.05) is 31.9 Å². The molecule has 1 aliphatic heterocycles. The van der Waals surface area contributed by atoms with Crippen LogP contribution in [0.4, 0.5) is 5.82 Å². The molecule has 2 heterocycles. The molecule has 1 saturated heterocycles. The number of rotatable bonds is 2. The van der Waals surface area contributed by atoms with E-state index < -0.39 is 0 Å². The highest BCUT2D eigenvalue weighted by Gasteiger charge is 2.24. The smallest absolute Gasteiger partial charge is 0.142 e. The van der Waals surface area contributed by atoms with E-state index in [1.807, 2.05) is 6.20 Å². The van der Waals surface area contributed by atoms with Gasteiger partial charge in [-0.15, -0.1) is 0 Å². The van der Waals surface area contributed by atoms with Crippen molar-refractivity contribution in [3.63, 3.8) is 0 Å². The standard InChI is InChI=1S/C13H20BrN3/c1-4-11-9-17(6-5-16(11)3)13-12(14)7-10(2)8-15-13/h7-8,11H,4-6,9H2,1-3H3. The third-order valence-corrected chi connectivity index (χ3v) is 4.09. The van der Waals surface area contributed by atoms with Gasteiger partial charge in [-0.3, -0.25) is 4.90 Å². The Bertz CT molecular complexity index is 394. The van der Waals surface area contributed by atoms with Crippen molar-refractivity contribution < 1.29 is 0 Å². The fourth-order valence-electron chi connectivity index (χ4n) is 2.34. The second kappa shape index (κ2) is 5.36. The zero-order valence-electron chi connectivity index (χ0n) is 10.8. The molecule has 0 bridgehead atoms. The average molecular weight is 298 g/mol. The van der Waals surface area contributed by atoms with Gasteiger partial charge in [0.05, 0.1) is 4.47 Å². The lowest BCUT2D eigenvalue weighted by Gasteiger charge is -2.40. The number of likely N-dealkylation sites (N-methyl/N-ethyl adjacent to an activating group) is 1. The Kier molecular flexibility index (Phi) is 4.05. The third kappa shape index (κ3) is 2.80. The maximum atomic E-state index is 4.56. The molecule has 0 amide bonds. The number of nitrogens with zero attached hydrogens (tertiary/aromatic N) is 3. The third-order valence-electron chi connectivity index (χ3n) is 3.51. The summed E-state index contributed by atoms with van der Waals surface area (Å²) < 4.78 is 1.11. The topological polar surface area (TPSA) is 19.4 Å². The molecular formula is C13H20BrN3. The van der Waals surface area contributed by atoms with Crippen LogP contribution >= 0.6 is 15.9 Å². The fourth-order valence-corrected chi connectivity index (χ4v) is 3.05. The summed E-state index contributed by atoms with van der Waals surface area (Å²) in [7, 11) is 2.21. The van der Waals surface area contributed by atoms with E-state index in [2.05, 4.69) is 57.7 Å². The Hall–Kier alpha value is -0.610. The minimum atomic E-state index is 0.638. The zero-order valence-corrected chi connectivity index (χ0v) is 12.4. The molecule has 0 radical (unpaired) electrons. The van der Waals surface area contributed by atoms with E-state index >= 15 is 0 Å². The Morgan fingerprint density at radius 1 is 1.47 bits per heavy atom. The Morgan fingerprint density at radius 2 is 2.24 bits per heavy atom. The fraction of sp³-hybridized carbons (Fsp3) is 0.615. The number of anilines is 1. The predicted octanol–water partition coefficient (Wildman–Crippen LogP) is 2.68. The quantitative estimate of drug-likeness (QED) is 0.837. The summed E-state index contributed by atoms with van der Waals surface area (Å²) in [6.07, 6.45) is 3.13. The Labute approximate surface area is 112 Å². The number of piperazine rings is 1. The molecule has 0 aromatic carbocycles. The first-order valence-electron chi connectivity index (χ1n) is 6.19. The normalized spacial score (nSPS) is 21.9. The van der Waals surface area contributed by atoms with Crippen LogP contribution in [0.3, 0.4) is 0 Å². The van der Waals surface area contributed by atoms with E-state index in [-0.39, 0.29) is 0 Å². The molecule has 3 nitrogen and oxygen atoms in total. The van der Waals surface area contributed by atoms with Crippen molar-refractivity contribution in [2.45, 2.75) is 26.3 Å². The first-order chi connectivity index (χ1) is 8.11. The van der Waals surface area contributed by atoms with Crippen LogP contribution in [0.25, 0.3) is 0 Å². The van der Waals surface area contributed by atoms with Crippen molar-refractivity contribution in [2.24, 2.45) is 0 Å². The minimum Gasteiger partial charge on any atom is -0.353 e. The van der Waals surface area contributed by atoms with E-state index in [1.165, 1.54) is 12.0 Å². The van der Waals surface area contributed by atoms with Crippen molar-refractivity contribution >= 4 is 21.7 Å². The van der Waals surface area contributed by atoms with Crippen molar-refractivity contribution in [3.05, 3.63) is 22.3 Å². The molecule has 0 saturated carbocycles. The summed E-state index contributed by atoms with van der Waals surface area (Å²) in [6, 6.07) is 2.78. The SMILES string of the molecule is CCC1CN(c2ncc(C)cc2Br)CCN1C. The molecule has 1 aliphatic rings. The molecule has 1 unspecified atom stereocenters. The van der Waals surface area contributed by atoms with Crippen LogP contribution in [0, 0.1) is 6.92 Å². The summed E-state index contributed by atoms with van der Waals surface area (Å²) in [5.41, 5.74) is 1.20. The van der Waals surface area contributed by atoms with Crippen LogP contribution in [0.2, 0.25) is 0 Å². The van der Waals surface area contributed by atoms with Gasteiger partial charge in [0.25, 0.3) is 0 Å². The molecule has 0 N–H and O–H groups in total. The van der Waals surface area contributed by atoms with Crippen LogP contribution in [0.5, 0.6) is 0 Å². The highest BCUT2D eigenvalue weighted by atomic mass is 79.9. The lowest BCUT2D eigenvalue weighted by Crippen LogP contribution is -2.51. The van der Waals surface area contributed by atoms with Gasteiger partial charge < -0.3 is 4.90 Å². The number of halogens is 1. The van der Waals surface area contributed by atoms with Crippen LogP contribution < -0.4 is 4.90 Å². The predicted molar refractivity (Wildman–Crippen MR) is 75.6 cm³/mol. The maximum Gasteiger partial charge on any atom is 0.142 e. The van der Waals surface area contributed by atoms with Crippen LogP contribution in [-0.2, 0) is 0 Å². The zero-order chi connectivity index (χ0) is 12.4. The lowest BCUT2D eigenvalue weighted by molar-refractivity contribution is 0.213. The van der Waals surface area contributed by atoms with Gasteiger partial charge in [0.1, 0.15) is 5.82 Å². The first kappa shape index (κ1) is 12.8. The number of aromatic nitrogens is 1. The Morgan fingerprint density at radius 3 is 2.88 bits per heavy atom. The molecule has 2 rings (SSSR count). The largest absolute Gasteiger partial charge is 0.353 e. The van der Waals surface area contributed by atoms with Crippen LogP contribution in [0.15, 0.2) is 16.7 Å². The first-order valence-corrected chi connectivity index (χ1v) is 6.98.